The zero-order chi connectivity index (χ0) is 13.1. The van der Waals surface area contributed by atoms with Gasteiger partial charge in [-0.15, -0.1) is 0 Å². The molecule has 0 aliphatic heterocycles. The van der Waals surface area contributed by atoms with Crippen LogP contribution in [0.25, 0.3) is 11.0 Å². The highest BCUT2D eigenvalue weighted by Crippen LogP contribution is 2.09. The first-order valence-corrected chi connectivity index (χ1v) is 6.11. The fourth-order valence-electron chi connectivity index (χ4n) is 1.89. The van der Waals surface area contributed by atoms with E-state index in [1.54, 1.807) is 12.4 Å². The van der Waals surface area contributed by atoms with Crippen LogP contribution in [0.5, 0.6) is 0 Å². The molecule has 3 rings (SSSR count). The molecule has 90 valence electrons. The average Bonchev–Trinajstić information content (AvgIpc) is 2.45. The second kappa shape index (κ2) is 4.91. The number of benzene rings is 1. The Kier molecular flexibility index (Phi) is 2.96. The summed E-state index contributed by atoms with van der Waals surface area (Å²) < 4.78 is 0. The van der Waals surface area contributed by atoms with Gasteiger partial charge >= 0.3 is 0 Å². The number of hydrogen-bond donors (Lipinski definition) is 0. The van der Waals surface area contributed by atoms with Crippen LogP contribution < -0.4 is 0 Å². The zero-order valence-electron chi connectivity index (χ0n) is 10.6. The monoisotopic (exact) mass is 244 g/mol. The van der Waals surface area contributed by atoms with Crippen LogP contribution in [0, 0.1) is 18.8 Å². The summed E-state index contributed by atoms with van der Waals surface area (Å²) in [6.07, 6.45) is 3.55. The fraction of sp³-hybridized carbons (Fsp3) is 0.0588. The molecule has 0 unspecified atom stereocenters. The molecule has 0 amide bonds. The molecule has 2 nitrogen and oxygen atoms in total. The molecular weight excluding hydrogens is 232 g/mol. The summed E-state index contributed by atoms with van der Waals surface area (Å²) >= 11 is 0. The molecule has 0 bridgehead atoms. The smallest absolute Gasteiger partial charge is 0.0899 e. The molecular formula is C17H12N2. The molecule has 0 saturated carbocycles. The Bertz CT molecular complexity index is 795. The number of fused-ring (bicyclic) bond motifs is 1. The van der Waals surface area contributed by atoms with Gasteiger partial charge in [0.2, 0.25) is 0 Å². The Balaban J connectivity index is 1.98. The molecule has 0 atom stereocenters. The van der Waals surface area contributed by atoms with Gasteiger partial charge in [-0.25, -0.2) is 0 Å². The van der Waals surface area contributed by atoms with E-state index in [0.29, 0.717) is 0 Å². The lowest BCUT2D eigenvalue weighted by Gasteiger charge is -1.96. The third-order valence-electron chi connectivity index (χ3n) is 2.82. The molecule has 0 aliphatic rings. The summed E-state index contributed by atoms with van der Waals surface area (Å²) in [6, 6.07) is 13.9. The topological polar surface area (TPSA) is 25.8 Å². The van der Waals surface area contributed by atoms with Crippen molar-refractivity contribution in [1.82, 2.24) is 9.97 Å². The van der Waals surface area contributed by atoms with Gasteiger partial charge in [-0.3, -0.25) is 9.97 Å². The Morgan fingerprint density at radius 2 is 1.74 bits per heavy atom. The number of aryl methyl sites for hydroxylation is 1. The maximum Gasteiger partial charge on any atom is 0.0899 e. The van der Waals surface area contributed by atoms with Crippen molar-refractivity contribution in [3.05, 3.63) is 71.5 Å². The van der Waals surface area contributed by atoms with Gasteiger partial charge in [0.15, 0.2) is 0 Å². The van der Waals surface area contributed by atoms with Crippen LogP contribution in [0.3, 0.4) is 0 Å². The molecule has 1 aromatic carbocycles. The number of hydrogen-bond acceptors (Lipinski definition) is 2. The number of aromatic nitrogens is 2. The summed E-state index contributed by atoms with van der Waals surface area (Å²) in [5, 5.41) is 0. The summed E-state index contributed by atoms with van der Waals surface area (Å²) in [5.41, 5.74) is 4.88. The first kappa shape index (κ1) is 11.4. The highest BCUT2D eigenvalue weighted by molar-refractivity contribution is 5.75. The van der Waals surface area contributed by atoms with Gasteiger partial charge in [0.05, 0.1) is 11.0 Å². The lowest BCUT2D eigenvalue weighted by Crippen LogP contribution is -1.84. The SMILES string of the molecule is Cc1cccc(C#Cc2cnc3cccnc3c2)c1. The second-order valence-electron chi connectivity index (χ2n) is 4.39. The van der Waals surface area contributed by atoms with E-state index in [1.807, 2.05) is 30.3 Å². The van der Waals surface area contributed by atoms with Crippen molar-refractivity contribution in [3.63, 3.8) is 0 Å². The van der Waals surface area contributed by atoms with Crippen LogP contribution in [0.15, 0.2) is 54.9 Å². The molecule has 0 spiro atoms. The lowest BCUT2D eigenvalue weighted by molar-refractivity contribution is 1.33. The molecule has 0 fully saturated rings. The van der Waals surface area contributed by atoms with Gasteiger partial charge in [-0.2, -0.15) is 0 Å². The lowest BCUT2D eigenvalue weighted by atomic mass is 10.1. The van der Waals surface area contributed by atoms with E-state index in [-0.39, 0.29) is 0 Å². The minimum atomic E-state index is 0.874. The van der Waals surface area contributed by atoms with E-state index in [4.69, 9.17) is 0 Å². The van der Waals surface area contributed by atoms with Crippen molar-refractivity contribution in [1.29, 1.82) is 0 Å². The maximum atomic E-state index is 4.35. The maximum absolute atomic E-state index is 4.35. The highest BCUT2D eigenvalue weighted by Gasteiger charge is 1.95. The summed E-state index contributed by atoms with van der Waals surface area (Å²) in [4.78, 5) is 8.63. The first-order valence-electron chi connectivity index (χ1n) is 6.11. The molecule has 2 heteroatoms. The highest BCUT2D eigenvalue weighted by atomic mass is 14.7. The van der Waals surface area contributed by atoms with Crippen LogP contribution in [-0.4, -0.2) is 9.97 Å². The fourth-order valence-corrected chi connectivity index (χ4v) is 1.89. The van der Waals surface area contributed by atoms with Crippen molar-refractivity contribution in [2.75, 3.05) is 0 Å². The third kappa shape index (κ3) is 2.61. The zero-order valence-corrected chi connectivity index (χ0v) is 10.6. The minimum Gasteiger partial charge on any atom is -0.255 e. The quantitative estimate of drug-likeness (QED) is 0.567. The van der Waals surface area contributed by atoms with E-state index in [2.05, 4.69) is 40.9 Å². The molecule has 0 aliphatic carbocycles. The molecule has 2 aromatic heterocycles. The molecule has 0 radical (unpaired) electrons. The average molecular weight is 244 g/mol. The predicted octanol–water partition coefficient (Wildman–Crippen LogP) is 3.34. The molecule has 0 saturated heterocycles. The normalized spacial score (nSPS) is 9.95. The van der Waals surface area contributed by atoms with Crippen molar-refractivity contribution < 1.29 is 0 Å². The van der Waals surface area contributed by atoms with Crippen LogP contribution in [0.1, 0.15) is 16.7 Å². The van der Waals surface area contributed by atoms with Crippen molar-refractivity contribution in [3.8, 4) is 11.8 Å². The van der Waals surface area contributed by atoms with E-state index in [1.165, 1.54) is 5.56 Å². The van der Waals surface area contributed by atoms with Crippen molar-refractivity contribution >= 4 is 11.0 Å². The summed E-state index contributed by atoms with van der Waals surface area (Å²) in [6.45, 7) is 2.06. The van der Waals surface area contributed by atoms with E-state index in [9.17, 15) is 0 Å². The van der Waals surface area contributed by atoms with Crippen LogP contribution in [0.4, 0.5) is 0 Å². The largest absolute Gasteiger partial charge is 0.255 e. The van der Waals surface area contributed by atoms with E-state index < -0.39 is 0 Å². The number of pyridine rings is 2. The summed E-state index contributed by atoms with van der Waals surface area (Å²) in [7, 11) is 0. The molecule has 3 aromatic rings. The molecule has 0 N–H and O–H groups in total. The minimum absolute atomic E-state index is 0.874. The van der Waals surface area contributed by atoms with Gasteiger partial charge in [0.1, 0.15) is 0 Å². The van der Waals surface area contributed by atoms with Crippen LogP contribution in [-0.2, 0) is 0 Å². The molecule has 19 heavy (non-hydrogen) atoms. The first-order chi connectivity index (χ1) is 9.31. The van der Waals surface area contributed by atoms with Crippen molar-refractivity contribution in [2.24, 2.45) is 0 Å². The van der Waals surface area contributed by atoms with E-state index >= 15 is 0 Å². The van der Waals surface area contributed by atoms with Gasteiger partial charge < -0.3 is 0 Å². The van der Waals surface area contributed by atoms with Crippen LogP contribution >= 0.6 is 0 Å². The van der Waals surface area contributed by atoms with Crippen LogP contribution in [0.2, 0.25) is 0 Å². The van der Waals surface area contributed by atoms with Crippen molar-refractivity contribution in [2.45, 2.75) is 6.92 Å². The van der Waals surface area contributed by atoms with Gasteiger partial charge in [0.25, 0.3) is 0 Å². The predicted molar refractivity (Wildman–Crippen MR) is 76.7 cm³/mol. The number of nitrogens with zero attached hydrogens (tertiary/aromatic N) is 2. The van der Waals surface area contributed by atoms with E-state index in [0.717, 1.165) is 22.2 Å². The Hall–Kier alpha value is -2.66. The number of rotatable bonds is 0. The Labute approximate surface area is 112 Å². The summed E-state index contributed by atoms with van der Waals surface area (Å²) in [5.74, 6) is 6.28. The Morgan fingerprint density at radius 1 is 0.842 bits per heavy atom. The second-order valence-corrected chi connectivity index (χ2v) is 4.39. The standard InChI is InChI=1S/C17H12N2/c1-13-4-2-5-14(10-13)7-8-15-11-17-16(19-12-15)6-3-9-18-17/h2-6,9-12H,1H3. The van der Waals surface area contributed by atoms with Gasteiger partial charge in [0, 0.05) is 23.5 Å². The third-order valence-corrected chi connectivity index (χ3v) is 2.82. The van der Waals surface area contributed by atoms with Gasteiger partial charge in [-0.05, 0) is 42.8 Å². The molecule has 2 heterocycles. The van der Waals surface area contributed by atoms with Gasteiger partial charge in [-0.1, -0.05) is 24.0 Å². The Morgan fingerprint density at radius 3 is 2.63 bits per heavy atom.